The van der Waals surface area contributed by atoms with Gasteiger partial charge in [0.1, 0.15) is 5.82 Å². The van der Waals surface area contributed by atoms with Gasteiger partial charge in [0.15, 0.2) is 0 Å². The second-order valence-electron chi connectivity index (χ2n) is 5.34. The summed E-state index contributed by atoms with van der Waals surface area (Å²) in [4.78, 5) is 6.88. The van der Waals surface area contributed by atoms with E-state index in [2.05, 4.69) is 15.2 Å². The molecule has 2 aliphatic rings. The Kier molecular flexibility index (Phi) is 3.71. The van der Waals surface area contributed by atoms with E-state index in [9.17, 15) is 0 Å². The maximum atomic E-state index is 6.28. The van der Waals surface area contributed by atoms with Gasteiger partial charge in [-0.1, -0.05) is 18.0 Å². The minimum absolute atomic E-state index is 0.595. The Morgan fingerprint density at radius 1 is 1.33 bits per heavy atom. The molecule has 1 saturated carbocycles. The van der Waals surface area contributed by atoms with Crippen LogP contribution in [-0.2, 0) is 0 Å². The van der Waals surface area contributed by atoms with Crippen molar-refractivity contribution in [3.8, 4) is 0 Å². The van der Waals surface area contributed by atoms with Gasteiger partial charge in [0.2, 0.25) is 0 Å². The Hall–Kier alpha value is -0.800. The van der Waals surface area contributed by atoms with Crippen LogP contribution in [0.15, 0.2) is 18.3 Å². The van der Waals surface area contributed by atoms with Crippen LogP contribution in [0.4, 0.5) is 5.82 Å². The molecule has 0 bridgehead atoms. The molecule has 2 fully saturated rings. The molecule has 4 heteroatoms. The lowest BCUT2D eigenvalue weighted by molar-refractivity contribution is 0.397. The molecule has 2 heterocycles. The van der Waals surface area contributed by atoms with Gasteiger partial charge in [-0.15, -0.1) is 0 Å². The average Bonchev–Trinajstić information content (AvgIpc) is 3.23. The fourth-order valence-corrected chi connectivity index (χ4v) is 2.93. The SMILES string of the molecule is Clc1cccnc1N(CC1CCCCN1)C1CC1. The van der Waals surface area contributed by atoms with Crippen molar-refractivity contribution in [2.45, 2.75) is 44.2 Å². The van der Waals surface area contributed by atoms with E-state index in [4.69, 9.17) is 11.6 Å². The van der Waals surface area contributed by atoms with Crippen LogP contribution in [0, 0.1) is 0 Å². The van der Waals surface area contributed by atoms with Gasteiger partial charge in [-0.05, 0) is 44.4 Å². The first-order chi connectivity index (χ1) is 8.84. The molecular formula is C14H20ClN3. The number of piperidine rings is 1. The van der Waals surface area contributed by atoms with Crippen LogP contribution in [0.2, 0.25) is 5.02 Å². The third-order valence-electron chi connectivity index (χ3n) is 3.83. The molecule has 98 valence electrons. The maximum absolute atomic E-state index is 6.28. The standard InChI is InChI=1S/C14H20ClN3/c15-13-5-3-9-17-14(13)18(12-6-7-12)10-11-4-1-2-8-16-11/h3,5,9,11-12,16H,1-2,4,6-8,10H2. The number of nitrogens with zero attached hydrogens (tertiary/aromatic N) is 2. The molecule has 1 N–H and O–H groups in total. The third kappa shape index (κ3) is 2.78. The molecule has 1 aliphatic carbocycles. The largest absolute Gasteiger partial charge is 0.351 e. The second kappa shape index (κ2) is 5.45. The van der Waals surface area contributed by atoms with Crippen LogP contribution in [0.3, 0.4) is 0 Å². The zero-order valence-electron chi connectivity index (χ0n) is 10.6. The topological polar surface area (TPSA) is 28.2 Å². The summed E-state index contributed by atoms with van der Waals surface area (Å²) in [6, 6.07) is 5.09. The monoisotopic (exact) mass is 265 g/mol. The molecule has 0 aromatic carbocycles. The van der Waals surface area contributed by atoms with Crippen molar-refractivity contribution in [1.82, 2.24) is 10.3 Å². The molecule has 1 aromatic heterocycles. The Morgan fingerprint density at radius 3 is 2.89 bits per heavy atom. The van der Waals surface area contributed by atoms with Crippen molar-refractivity contribution in [3.05, 3.63) is 23.4 Å². The second-order valence-corrected chi connectivity index (χ2v) is 5.75. The van der Waals surface area contributed by atoms with E-state index in [1.807, 2.05) is 18.3 Å². The van der Waals surface area contributed by atoms with Crippen molar-refractivity contribution in [2.75, 3.05) is 18.0 Å². The molecule has 1 aromatic rings. The lowest BCUT2D eigenvalue weighted by atomic mass is 10.0. The van der Waals surface area contributed by atoms with E-state index in [1.54, 1.807) is 0 Å². The van der Waals surface area contributed by atoms with Crippen molar-refractivity contribution in [1.29, 1.82) is 0 Å². The lowest BCUT2D eigenvalue weighted by Crippen LogP contribution is -2.45. The molecule has 0 amide bonds. The van der Waals surface area contributed by atoms with Gasteiger partial charge in [0, 0.05) is 24.8 Å². The fourth-order valence-electron chi connectivity index (χ4n) is 2.70. The van der Waals surface area contributed by atoms with E-state index in [1.165, 1.54) is 32.1 Å². The van der Waals surface area contributed by atoms with E-state index < -0.39 is 0 Å². The van der Waals surface area contributed by atoms with Crippen molar-refractivity contribution in [3.63, 3.8) is 0 Å². The summed E-state index contributed by atoms with van der Waals surface area (Å²) < 4.78 is 0. The molecule has 3 nitrogen and oxygen atoms in total. The summed E-state index contributed by atoms with van der Waals surface area (Å²) in [6.07, 6.45) is 8.31. The van der Waals surface area contributed by atoms with E-state index in [0.717, 1.165) is 23.9 Å². The van der Waals surface area contributed by atoms with Crippen LogP contribution < -0.4 is 10.2 Å². The molecule has 1 aliphatic heterocycles. The minimum atomic E-state index is 0.595. The first-order valence-corrected chi connectivity index (χ1v) is 7.33. The number of halogens is 1. The molecular weight excluding hydrogens is 246 g/mol. The Balaban J connectivity index is 1.73. The number of hydrogen-bond acceptors (Lipinski definition) is 3. The number of pyridine rings is 1. The van der Waals surface area contributed by atoms with Crippen LogP contribution in [-0.4, -0.2) is 30.2 Å². The van der Waals surface area contributed by atoms with Gasteiger partial charge in [-0.25, -0.2) is 4.98 Å². The highest BCUT2D eigenvalue weighted by Gasteiger charge is 2.32. The summed E-state index contributed by atoms with van der Waals surface area (Å²) in [6.45, 7) is 2.19. The van der Waals surface area contributed by atoms with Gasteiger partial charge in [0.25, 0.3) is 0 Å². The number of aromatic nitrogens is 1. The molecule has 0 radical (unpaired) electrons. The maximum Gasteiger partial charge on any atom is 0.147 e. The summed E-state index contributed by atoms with van der Waals surface area (Å²) in [5, 5.41) is 4.39. The molecule has 3 rings (SSSR count). The van der Waals surface area contributed by atoms with Gasteiger partial charge in [0.05, 0.1) is 5.02 Å². The average molecular weight is 266 g/mol. The fraction of sp³-hybridized carbons (Fsp3) is 0.643. The molecule has 18 heavy (non-hydrogen) atoms. The van der Waals surface area contributed by atoms with Gasteiger partial charge < -0.3 is 10.2 Å². The third-order valence-corrected chi connectivity index (χ3v) is 4.12. The van der Waals surface area contributed by atoms with Crippen molar-refractivity contribution < 1.29 is 0 Å². The van der Waals surface area contributed by atoms with Crippen LogP contribution in [0.5, 0.6) is 0 Å². The first-order valence-electron chi connectivity index (χ1n) is 6.95. The lowest BCUT2D eigenvalue weighted by Gasteiger charge is -2.31. The molecule has 1 atom stereocenters. The van der Waals surface area contributed by atoms with Gasteiger partial charge in [-0.2, -0.15) is 0 Å². The van der Waals surface area contributed by atoms with Gasteiger partial charge >= 0.3 is 0 Å². The molecule has 1 unspecified atom stereocenters. The Morgan fingerprint density at radius 2 is 2.22 bits per heavy atom. The summed E-state index contributed by atoms with van der Waals surface area (Å²) in [5.74, 6) is 0.967. The van der Waals surface area contributed by atoms with Gasteiger partial charge in [-0.3, -0.25) is 0 Å². The highest BCUT2D eigenvalue weighted by Crippen LogP contribution is 2.34. The van der Waals surface area contributed by atoms with Crippen LogP contribution in [0.1, 0.15) is 32.1 Å². The highest BCUT2D eigenvalue weighted by molar-refractivity contribution is 6.32. The number of hydrogen-bond donors (Lipinski definition) is 1. The number of anilines is 1. The Labute approximate surface area is 114 Å². The van der Waals surface area contributed by atoms with Crippen molar-refractivity contribution in [2.24, 2.45) is 0 Å². The minimum Gasteiger partial charge on any atom is -0.351 e. The number of nitrogens with one attached hydrogen (secondary N) is 1. The van der Waals surface area contributed by atoms with E-state index >= 15 is 0 Å². The van der Waals surface area contributed by atoms with Crippen LogP contribution in [0.25, 0.3) is 0 Å². The number of rotatable bonds is 4. The van der Waals surface area contributed by atoms with E-state index in [-0.39, 0.29) is 0 Å². The highest BCUT2D eigenvalue weighted by atomic mass is 35.5. The molecule has 0 spiro atoms. The summed E-state index contributed by atoms with van der Waals surface area (Å²) in [7, 11) is 0. The van der Waals surface area contributed by atoms with Crippen molar-refractivity contribution >= 4 is 17.4 Å². The quantitative estimate of drug-likeness (QED) is 0.907. The molecule has 1 saturated heterocycles. The van der Waals surface area contributed by atoms with E-state index in [0.29, 0.717) is 12.1 Å². The zero-order valence-corrected chi connectivity index (χ0v) is 11.4. The van der Waals surface area contributed by atoms with Crippen LogP contribution >= 0.6 is 11.6 Å². The predicted molar refractivity (Wildman–Crippen MR) is 75.3 cm³/mol. The Bertz CT molecular complexity index is 400. The smallest absolute Gasteiger partial charge is 0.147 e. The summed E-state index contributed by atoms with van der Waals surface area (Å²) in [5.41, 5.74) is 0. The zero-order chi connectivity index (χ0) is 12.4. The first kappa shape index (κ1) is 12.2. The summed E-state index contributed by atoms with van der Waals surface area (Å²) >= 11 is 6.28. The predicted octanol–water partition coefficient (Wildman–Crippen LogP) is 2.85. The normalized spacial score (nSPS) is 23.9.